The predicted molar refractivity (Wildman–Crippen MR) is 156 cm³/mol. The number of nitrogens with zero attached hydrogens (tertiary/aromatic N) is 6. The second-order valence-electron chi connectivity index (χ2n) is 10.0. The summed E-state index contributed by atoms with van der Waals surface area (Å²) in [5.74, 6) is -0.918. The van der Waals surface area contributed by atoms with Crippen LogP contribution in [-0.4, -0.2) is 40.5 Å². The van der Waals surface area contributed by atoms with E-state index in [4.69, 9.17) is 4.52 Å². The SMILES string of the molecule is Cc1cn2cc(-c3ccc(-c4c(C)on(C)c4=O)cn3)c(F)c2c(C(=O)Nc2cccc(C(=O)Nc3cn(C)cn3)c2)n1. The van der Waals surface area contributed by atoms with Crippen LogP contribution in [0.1, 0.15) is 32.3 Å². The van der Waals surface area contributed by atoms with Crippen molar-refractivity contribution in [1.82, 2.24) is 28.7 Å². The van der Waals surface area contributed by atoms with Crippen molar-refractivity contribution in [3.05, 3.63) is 106 Å². The summed E-state index contributed by atoms with van der Waals surface area (Å²) in [6.45, 7) is 3.37. The summed E-state index contributed by atoms with van der Waals surface area (Å²) in [5, 5.41) is 5.41. The predicted octanol–water partition coefficient (Wildman–Crippen LogP) is 4.35. The van der Waals surface area contributed by atoms with Gasteiger partial charge in [-0.1, -0.05) is 12.1 Å². The minimum Gasteiger partial charge on any atom is -0.381 e. The van der Waals surface area contributed by atoms with E-state index in [1.54, 1.807) is 74.5 Å². The van der Waals surface area contributed by atoms with Crippen LogP contribution in [0.5, 0.6) is 0 Å². The third-order valence-corrected chi connectivity index (χ3v) is 6.81. The molecular weight excluding hydrogens is 555 g/mol. The molecule has 0 radical (unpaired) electrons. The number of aryl methyl sites for hydroxylation is 4. The number of hydrogen-bond acceptors (Lipinski definition) is 7. The van der Waals surface area contributed by atoms with Gasteiger partial charge in [-0.3, -0.25) is 19.4 Å². The lowest BCUT2D eigenvalue weighted by Gasteiger charge is -2.09. The van der Waals surface area contributed by atoms with Gasteiger partial charge >= 0.3 is 0 Å². The van der Waals surface area contributed by atoms with Crippen molar-refractivity contribution < 1.29 is 18.5 Å². The van der Waals surface area contributed by atoms with Crippen LogP contribution in [0.15, 0.2) is 76.8 Å². The van der Waals surface area contributed by atoms with E-state index < -0.39 is 17.6 Å². The van der Waals surface area contributed by atoms with E-state index >= 15 is 4.39 Å². The average Bonchev–Trinajstić information content (AvgIpc) is 3.62. The monoisotopic (exact) mass is 580 g/mol. The first-order valence-corrected chi connectivity index (χ1v) is 13.1. The molecule has 0 unspecified atom stereocenters. The van der Waals surface area contributed by atoms with Gasteiger partial charge in [0.05, 0.1) is 28.8 Å². The number of imidazole rings is 1. The standard InChI is InChI=1S/C30H25FN8O4/c1-16-12-39-13-21(22-9-8-19(11-32-22)24-17(2)43-38(4)30(24)42)25(31)27(39)26(34-16)29(41)35-20-7-5-6-18(10-20)28(40)36-23-14-37(3)15-33-23/h5-15H,1-4H3,(H,35,41)(H,36,40). The van der Waals surface area contributed by atoms with E-state index in [-0.39, 0.29) is 22.3 Å². The number of carbonyl (C=O) groups excluding carboxylic acids is 2. The number of benzene rings is 1. The molecule has 5 aromatic heterocycles. The largest absolute Gasteiger partial charge is 0.381 e. The van der Waals surface area contributed by atoms with Crippen LogP contribution < -0.4 is 16.2 Å². The molecular formula is C30H25FN8O4. The lowest BCUT2D eigenvalue weighted by Crippen LogP contribution is -2.17. The smallest absolute Gasteiger partial charge is 0.290 e. The van der Waals surface area contributed by atoms with Crippen molar-refractivity contribution in [3.8, 4) is 22.4 Å². The number of aromatic nitrogens is 6. The molecule has 43 heavy (non-hydrogen) atoms. The van der Waals surface area contributed by atoms with E-state index in [9.17, 15) is 14.4 Å². The Morgan fingerprint density at radius 3 is 2.47 bits per heavy atom. The minimum atomic E-state index is -0.684. The highest BCUT2D eigenvalue weighted by Gasteiger charge is 2.23. The van der Waals surface area contributed by atoms with Gasteiger partial charge in [0.15, 0.2) is 17.3 Å². The molecule has 2 N–H and O–H groups in total. The van der Waals surface area contributed by atoms with E-state index in [0.29, 0.717) is 45.3 Å². The first kappa shape index (κ1) is 27.3. The summed E-state index contributed by atoms with van der Waals surface area (Å²) >= 11 is 0. The van der Waals surface area contributed by atoms with Gasteiger partial charge in [0, 0.05) is 55.7 Å². The molecule has 0 bridgehead atoms. The Bertz CT molecular complexity index is 2100. The second kappa shape index (κ2) is 10.5. The molecule has 0 aliphatic rings. The molecule has 13 heteroatoms. The Morgan fingerprint density at radius 1 is 0.977 bits per heavy atom. The first-order valence-electron chi connectivity index (χ1n) is 13.1. The number of carbonyl (C=O) groups is 2. The van der Waals surface area contributed by atoms with Crippen molar-refractivity contribution in [1.29, 1.82) is 0 Å². The number of hydrogen-bond donors (Lipinski definition) is 2. The summed E-state index contributed by atoms with van der Waals surface area (Å²) in [4.78, 5) is 51.3. The molecule has 6 aromatic rings. The maximum Gasteiger partial charge on any atom is 0.290 e. The molecule has 5 heterocycles. The van der Waals surface area contributed by atoms with Crippen LogP contribution in [0.25, 0.3) is 27.9 Å². The van der Waals surface area contributed by atoms with Gasteiger partial charge in [0.25, 0.3) is 17.4 Å². The zero-order valence-corrected chi connectivity index (χ0v) is 23.5. The lowest BCUT2D eigenvalue weighted by atomic mass is 10.1. The number of halogens is 1. The molecule has 0 saturated heterocycles. The zero-order valence-electron chi connectivity index (χ0n) is 23.5. The molecule has 0 aliphatic carbocycles. The van der Waals surface area contributed by atoms with Crippen LogP contribution >= 0.6 is 0 Å². The molecule has 6 rings (SSSR count). The summed E-state index contributed by atoms with van der Waals surface area (Å²) in [6.07, 6.45) is 7.83. The Hall–Kier alpha value is -5.85. The lowest BCUT2D eigenvalue weighted by molar-refractivity contribution is 0.101. The number of pyridine rings is 1. The highest BCUT2D eigenvalue weighted by molar-refractivity contribution is 6.09. The van der Waals surface area contributed by atoms with E-state index in [0.717, 1.165) is 4.74 Å². The molecule has 0 saturated carbocycles. The van der Waals surface area contributed by atoms with Gasteiger partial charge in [-0.25, -0.2) is 14.4 Å². The first-order chi connectivity index (χ1) is 20.6. The third-order valence-electron chi connectivity index (χ3n) is 6.81. The van der Waals surface area contributed by atoms with Gasteiger partial charge in [-0.15, -0.1) is 0 Å². The van der Waals surface area contributed by atoms with Crippen molar-refractivity contribution in [2.24, 2.45) is 14.1 Å². The normalized spacial score (nSPS) is 11.2. The van der Waals surface area contributed by atoms with Gasteiger partial charge in [0.2, 0.25) is 0 Å². The summed E-state index contributed by atoms with van der Waals surface area (Å²) in [6, 6.07) is 9.60. The molecule has 1 aromatic carbocycles. The highest BCUT2D eigenvalue weighted by atomic mass is 19.1. The maximum atomic E-state index is 15.9. The quantitative estimate of drug-likeness (QED) is 0.298. The zero-order chi connectivity index (χ0) is 30.4. The molecule has 0 atom stereocenters. The van der Waals surface area contributed by atoms with E-state index in [2.05, 4.69) is 25.6 Å². The van der Waals surface area contributed by atoms with Gasteiger partial charge in [0.1, 0.15) is 11.3 Å². The molecule has 2 amide bonds. The van der Waals surface area contributed by atoms with Gasteiger partial charge in [-0.2, -0.15) is 4.74 Å². The number of anilines is 2. The van der Waals surface area contributed by atoms with Crippen molar-refractivity contribution in [2.75, 3.05) is 10.6 Å². The Labute approximate surface area is 243 Å². The second-order valence-corrected chi connectivity index (χ2v) is 10.0. The number of fused-ring (bicyclic) bond motifs is 1. The number of nitrogens with one attached hydrogen (secondary N) is 2. The average molecular weight is 581 g/mol. The fourth-order valence-electron chi connectivity index (χ4n) is 4.85. The fourth-order valence-corrected chi connectivity index (χ4v) is 4.85. The van der Waals surface area contributed by atoms with Crippen molar-refractivity contribution in [2.45, 2.75) is 13.8 Å². The summed E-state index contributed by atoms with van der Waals surface area (Å²) < 4.78 is 25.6. The highest BCUT2D eigenvalue weighted by Crippen LogP contribution is 2.30. The fraction of sp³-hybridized carbons (Fsp3) is 0.133. The third kappa shape index (κ3) is 5.07. The van der Waals surface area contributed by atoms with Gasteiger partial charge in [-0.05, 0) is 38.1 Å². The molecule has 0 fully saturated rings. The number of rotatable bonds is 6. The maximum absolute atomic E-state index is 15.9. The van der Waals surface area contributed by atoms with Crippen LogP contribution in [0.4, 0.5) is 15.9 Å². The number of amides is 2. The summed E-state index contributed by atoms with van der Waals surface area (Å²) in [5.41, 5.74) is 1.99. The van der Waals surface area contributed by atoms with Crippen LogP contribution in [0.2, 0.25) is 0 Å². The molecule has 12 nitrogen and oxygen atoms in total. The van der Waals surface area contributed by atoms with Crippen LogP contribution in [0.3, 0.4) is 0 Å². The Morgan fingerprint density at radius 2 is 1.79 bits per heavy atom. The summed E-state index contributed by atoms with van der Waals surface area (Å²) in [7, 11) is 3.30. The minimum absolute atomic E-state index is 0.0347. The Balaban J connectivity index is 1.29. The van der Waals surface area contributed by atoms with E-state index in [1.807, 2.05) is 0 Å². The molecule has 216 valence electrons. The van der Waals surface area contributed by atoms with Crippen molar-refractivity contribution >= 4 is 28.8 Å². The Kier molecular flexibility index (Phi) is 6.69. The van der Waals surface area contributed by atoms with E-state index in [1.165, 1.54) is 29.9 Å². The van der Waals surface area contributed by atoms with Gasteiger partial charge < -0.3 is 24.1 Å². The molecule has 0 aliphatic heterocycles. The van der Waals surface area contributed by atoms with Crippen LogP contribution in [-0.2, 0) is 14.1 Å². The van der Waals surface area contributed by atoms with Crippen LogP contribution in [0, 0.1) is 19.7 Å². The van der Waals surface area contributed by atoms with Crippen molar-refractivity contribution in [3.63, 3.8) is 0 Å². The topological polar surface area (TPSA) is 141 Å². The molecule has 0 spiro atoms.